The predicted octanol–water partition coefficient (Wildman–Crippen LogP) is 1.56. The first kappa shape index (κ1) is 11.5. The van der Waals surface area contributed by atoms with Crippen molar-refractivity contribution >= 4 is 5.97 Å². The second-order valence-electron chi connectivity index (χ2n) is 3.27. The van der Waals surface area contributed by atoms with Crippen LogP contribution in [0.15, 0.2) is 24.3 Å². The van der Waals surface area contributed by atoms with Crippen LogP contribution in [-0.4, -0.2) is 17.7 Å². The lowest BCUT2D eigenvalue weighted by atomic mass is 10.1. The predicted molar refractivity (Wildman–Crippen MR) is 56.8 cm³/mol. The van der Waals surface area contributed by atoms with Crippen molar-refractivity contribution in [3.8, 4) is 5.75 Å². The van der Waals surface area contributed by atoms with Crippen molar-refractivity contribution in [2.24, 2.45) is 5.73 Å². The maximum atomic E-state index is 10.3. The zero-order valence-corrected chi connectivity index (χ0v) is 8.64. The minimum atomic E-state index is -0.986. The molecule has 82 valence electrons. The third-order valence-electron chi connectivity index (χ3n) is 2.09. The lowest BCUT2D eigenvalue weighted by Crippen LogP contribution is -2.11. The fraction of sp³-hybridized carbons (Fsp3) is 0.364. The Morgan fingerprint density at radius 3 is 2.93 bits per heavy atom. The van der Waals surface area contributed by atoms with Gasteiger partial charge in [0.2, 0.25) is 0 Å². The highest BCUT2D eigenvalue weighted by atomic mass is 16.5. The van der Waals surface area contributed by atoms with Crippen molar-refractivity contribution in [1.29, 1.82) is 0 Å². The van der Waals surface area contributed by atoms with Gasteiger partial charge in [0.25, 0.3) is 0 Å². The Hall–Kier alpha value is -1.55. The molecule has 15 heavy (non-hydrogen) atoms. The summed E-state index contributed by atoms with van der Waals surface area (Å²) in [4.78, 5) is 10.3. The smallest absolute Gasteiger partial charge is 0.341 e. The number of carboxylic acids is 1. The second-order valence-corrected chi connectivity index (χ2v) is 3.27. The first-order valence-electron chi connectivity index (χ1n) is 4.83. The average Bonchev–Trinajstić information content (AvgIpc) is 2.25. The Bertz CT molecular complexity index is 338. The molecule has 0 saturated carbocycles. The number of ether oxygens (including phenoxy) is 1. The van der Waals surface area contributed by atoms with E-state index in [-0.39, 0.29) is 12.6 Å². The van der Waals surface area contributed by atoms with Crippen LogP contribution in [0.2, 0.25) is 0 Å². The van der Waals surface area contributed by atoms with E-state index in [0.29, 0.717) is 5.75 Å². The van der Waals surface area contributed by atoms with Crippen LogP contribution in [0.5, 0.6) is 5.75 Å². The summed E-state index contributed by atoms with van der Waals surface area (Å²) in [5.74, 6) is -0.445. The Labute approximate surface area is 88.7 Å². The first-order chi connectivity index (χ1) is 7.13. The number of carboxylic acid groups (broad SMARTS) is 1. The lowest BCUT2D eigenvalue weighted by molar-refractivity contribution is -0.139. The quantitative estimate of drug-likeness (QED) is 0.771. The van der Waals surface area contributed by atoms with E-state index in [9.17, 15) is 4.79 Å². The van der Waals surface area contributed by atoms with E-state index in [0.717, 1.165) is 12.0 Å². The summed E-state index contributed by atoms with van der Waals surface area (Å²) in [7, 11) is 0. The number of carbonyl (C=O) groups is 1. The van der Waals surface area contributed by atoms with Crippen LogP contribution in [0.4, 0.5) is 0 Å². The molecule has 0 saturated heterocycles. The van der Waals surface area contributed by atoms with Gasteiger partial charge in [0.05, 0.1) is 0 Å². The number of rotatable bonds is 5. The maximum absolute atomic E-state index is 10.3. The molecule has 0 bridgehead atoms. The third-order valence-corrected chi connectivity index (χ3v) is 2.09. The summed E-state index contributed by atoms with van der Waals surface area (Å²) in [5.41, 5.74) is 6.81. The van der Waals surface area contributed by atoms with Gasteiger partial charge < -0.3 is 15.6 Å². The van der Waals surface area contributed by atoms with Crippen LogP contribution in [0.25, 0.3) is 0 Å². The third kappa shape index (κ3) is 3.59. The molecule has 3 N–H and O–H groups in total. The van der Waals surface area contributed by atoms with Crippen LogP contribution >= 0.6 is 0 Å². The van der Waals surface area contributed by atoms with Gasteiger partial charge in [-0.1, -0.05) is 19.1 Å². The van der Waals surface area contributed by atoms with Crippen LogP contribution < -0.4 is 10.5 Å². The molecule has 1 aromatic carbocycles. The number of hydrogen-bond donors (Lipinski definition) is 2. The molecule has 1 rings (SSSR count). The number of hydrogen-bond acceptors (Lipinski definition) is 3. The van der Waals surface area contributed by atoms with Gasteiger partial charge in [-0.25, -0.2) is 4.79 Å². The molecule has 4 nitrogen and oxygen atoms in total. The normalized spacial score (nSPS) is 12.1. The number of aliphatic carboxylic acids is 1. The van der Waals surface area contributed by atoms with Gasteiger partial charge in [0, 0.05) is 6.04 Å². The van der Waals surface area contributed by atoms with Gasteiger partial charge >= 0.3 is 5.97 Å². The monoisotopic (exact) mass is 209 g/mol. The highest BCUT2D eigenvalue weighted by Gasteiger charge is 2.05. The molecule has 1 atom stereocenters. The summed E-state index contributed by atoms with van der Waals surface area (Å²) in [5, 5.41) is 8.45. The molecule has 0 aliphatic rings. The minimum absolute atomic E-state index is 0.0293. The number of benzene rings is 1. The molecule has 0 spiro atoms. The van der Waals surface area contributed by atoms with Crippen molar-refractivity contribution in [1.82, 2.24) is 0 Å². The van der Waals surface area contributed by atoms with Crippen molar-refractivity contribution < 1.29 is 14.6 Å². The maximum Gasteiger partial charge on any atom is 0.341 e. The summed E-state index contributed by atoms with van der Waals surface area (Å²) in [6, 6.07) is 7.17. The molecular weight excluding hydrogens is 194 g/mol. The van der Waals surface area contributed by atoms with Gasteiger partial charge in [-0.2, -0.15) is 0 Å². The zero-order chi connectivity index (χ0) is 11.3. The van der Waals surface area contributed by atoms with E-state index in [1.165, 1.54) is 0 Å². The molecule has 0 fully saturated rings. The van der Waals surface area contributed by atoms with Crippen molar-refractivity contribution in [2.45, 2.75) is 19.4 Å². The molecule has 0 aliphatic heterocycles. The Balaban J connectivity index is 2.69. The van der Waals surface area contributed by atoms with Gasteiger partial charge in [-0.05, 0) is 24.1 Å². The van der Waals surface area contributed by atoms with E-state index in [1.54, 1.807) is 12.1 Å². The highest BCUT2D eigenvalue weighted by molar-refractivity contribution is 5.68. The zero-order valence-electron chi connectivity index (χ0n) is 8.64. The Kier molecular flexibility index (Phi) is 4.12. The van der Waals surface area contributed by atoms with Crippen molar-refractivity contribution in [2.75, 3.05) is 6.61 Å². The lowest BCUT2D eigenvalue weighted by Gasteiger charge is -2.10. The van der Waals surface area contributed by atoms with Gasteiger partial charge in [-0.3, -0.25) is 0 Å². The van der Waals surface area contributed by atoms with Crippen molar-refractivity contribution in [3.63, 3.8) is 0 Å². The molecule has 1 aromatic rings. The van der Waals surface area contributed by atoms with E-state index in [1.807, 2.05) is 19.1 Å². The number of nitrogens with two attached hydrogens (primary N) is 1. The minimum Gasteiger partial charge on any atom is -0.482 e. The van der Waals surface area contributed by atoms with Crippen LogP contribution in [0.3, 0.4) is 0 Å². The molecule has 0 amide bonds. The average molecular weight is 209 g/mol. The summed E-state index contributed by atoms with van der Waals surface area (Å²) in [6.07, 6.45) is 0.836. The van der Waals surface area contributed by atoms with E-state index in [2.05, 4.69) is 0 Å². The van der Waals surface area contributed by atoms with Crippen LogP contribution in [0.1, 0.15) is 24.9 Å². The molecule has 4 heteroatoms. The van der Waals surface area contributed by atoms with E-state index >= 15 is 0 Å². The van der Waals surface area contributed by atoms with Gasteiger partial charge in [0.1, 0.15) is 5.75 Å². The van der Waals surface area contributed by atoms with Crippen LogP contribution in [0, 0.1) is 0 Å². The molecule has 0 aliphatic carbocycles. The second kappa shape index (κ2) is 5.36. The highest BCUT2D eigenvalue weighted by Crippen LogP contribution is 2.19. The molecule has 0 heterocycles. The fourth-order valence-corrected chi connectivity index (χ4v) is 1.22. The first-order valence-corrected chi connectivity index (χ1v) is 4.83. The molecule has 0 aromatic heterocycles. The molecule has 1 unspecified atom stereocenters. The standard InChI is InChI=1S/C11H15NO3/c1-2-10(12)8-4-3-5-9(6-8)15-7-11(13)14/h3-6,10H,2,7,12H2,1H3,(H,13,14). The fourth-order valence-electron chi connectivity index (χ4n) is 1.22. The molecular formula is C11H15NO3. The van der Waals surface area contributed by atoms with Gasteiger partial charge in [0.15, 0.2) is 6.61 Å². The van der Waals surface area contributed by atoms with E-state index < -0.39 is 5.97 Å². The van der Waals surface area contributed by atoms with Crippen molar-refractivity contribution in [3.05, 3.63) is 29.8 Å². The largest absolute Gasteiger partial charge is 0.482 e. The van der Waals surface area contributed by atoms with Gasteiger partial charge in [-0.15, -0.1) is 0 Å². The SMILES string of the molecule is CCC(N)c1cccc(OCC(=O)O)c1. The Morgan fingerprint density at radius 2 is 2.33 bits per heavy atom. The summed E-state index contributed by atoms with van der Waals surface area (Å²) >= 11 is 0. The summed E-state index contributed by atoms with van der Waals surface area (Å²) < 4.78 is 5.05. The van der Waals surface area contributed by atoms with E-state index in [4.69, 9.17) is 15.6 Å². The summed E-state index contributed by atoms with van der Waals surface area (Å²) in [6.45, 7) is 1.67. The Morgan fingerprint density at radius 1 is 1.60 bits per heavy atom. The molecule has 0 radical (unpaired) electrons. The topological polar surface area (TPSA) is 72.5 Å². The van der Waals surface area contributed by atoms with Crippen LogP contribution in [-0.2, 0) is 4.79 Å².